The molecule has 1 fully saturated rings. The highest BCUT2D eigenvalue weighted by Crippen LogP contribution is 2.26. The minimum atomic E-state index is -3.73. The molecule has 1 heterocycles. The number of rotatable bonds is 0. The van der Waals surface area contributed by atoms with Gasteiger partial charge in [0.15, 0.2) is 0 Å². The summed E-state index contributed by atoms with van der Waals surface area (Å²) in [5.41, 5.74) is 0. The monoisotopic (exact) mass is 166 g/mol. The predicted octanol–water partition coefficient (Wildman–Crippen LogP) is -1.64. The molecule has 10 heavy (non-hydrogen) atoms. The van der Waals surface area contributed by atoms with Gasteiger partial charge in [0.25, 0.3) is 5.97 Å². The van der Waals surface area contributed by atoms with Gasteiger partial charge in [0.2, 0.25) is 0 Å². The van der Waals surface area contributed by atoms with Gasteiger partial charge in [-0.15, -0.1) is 0 Å². The molecule has 0 unspecified atom stereocenters. The molecule has 1 rings (SSSR count). The molecular weight excluding hydrogens is 156 g/mol. The predicted molar refractivity (Wildman–Crippen MR) is 32.5 cm³/mol. The second kappa shape index (κ2) is 2.26. The third-order valence-corrected chi connectivity index (χ3v) is 2.99. The van der Waals surface area contributed by atoms with Crippen LogP contribution in [-0.4, -0.2) is 34.6 Å². The van der Waals surface area contributed by atoms with Gasteiger partial charge >= 0.3 is 8.80 Å². The van der Waals surface area contributed by atoms with Crippen LogP contribution in [0.4, 0.5) is 0 Å². The molecular formula is C4H10O5Si. The maximum Gasteiger partial charge on any atom is 0.499 e. The van der Waals surface area contributed by atoms with E-state index in [0.29, 0.717) is 6.42 Å². The lowest BCUT2D eigenvalue weighted by atomic mass is 10.3. The van der Waals surface area contributed by atoms with Crippen molar-refractivity contribution in [1.29, 1.82) is 0 Å². The molecule has 1 saturated heterocycles. The Balaban J connectivity index is 2.56. The molecule has 1 aliphatic heterocycles. The summed E-state index contributed by atoms with van der Waals surface area (Å²) >= 11 is 0. The molecule has 0 aliphatic carbocycles. The van der Waals surface area contributed by atoms with E-state index in [2.05, 4.69) is 4.43 Å². The lowest BCUT2D eigenvalue weighted by Crippen LogP contribution is -2.52. The first kappa shape index (κ1) is 8.12. The van der Waals surface area contributed by atoms with Gasteiger partial charge in [-0.25, -0.2) is 0 Å². The normalized spacial score (nSPS) is 30.0. The zero-order valence-corrected chi connectivity index (χ0v) is 6.32. The van der Waals surface area contributed by atoms with E-state index in [0.717, 1.165) is 0 Å². The largest absolute Gasteiger partial charge is 0.499 e. The smallest absolute Gasteiger partial charge is 0.390 e. The summed E-state index contributed by atoms with van der Waals surface area (Å²) in [7, 11) is -3.73. The number of hydrogen-bond donors (Lipinski definition) is 4. The number of hydrogen-bond acceptors (Lipinski definition) is 5. The number of aliphatic hydroxyl groups is 2. The van der Waals surface area contributed by atoms with Crippen molar-refractivity contribution in [3.05, 3.63) is 0 Å². The van der Waals surface area contributed by atoms with E-state index in [1.807, 2.05) is 0 Å². The molecule has 0 atom stereocenters. The summed E-state index contributed by atoms with van der Waals surface area (Å²) in [5.74, 6) is -2.33. The topological polar surface area (TPSA) is 90.2 Å². The van der Waals surface area contributed by atoms with Gasteiger partial charge in [0.1, 0.15) is 0 Å². The second-order valence-electron chi connectivity index (χ2n) is 2.44. The van der Waals surface area contributed by atoms with Crippen molar-refractivity contribution in [3.8, 4) is 0 Å². The second-order valence-corrected chi connectivity index (χ2v) is 4.63. The molecule has 6 heteroatoms. The highest BCUT2D eigenvalue weighted by molar-refractivity contribution is 6.57. The van der Waals surface area contributed by atoms with Crippen LogP contribution in [0.5, 0.6) is 0 Å². The van der Waals surface area contributed by atoms with E-state index < -0.39 is 14.8 Å². The molecule has 0 spiro atoms. The third-order valence-electron chi connectivity index (χ3n) is 1.33. The highest BCUT2D eigenvalue weighted by Gasteiger charge is 2.45. The van der Waals surface area contributed by atoms with Gasteiger partial charge in [-0.05, 0) is 6.42 Å². The van der Waals surface area contributed by atoms with Crippen LogP contribution in [0.3, 0.4) is 0 Å². The maximum atomic E-state index is 8.86. The molecule has 4 N–H and O–H groups in total. The summed E-state index contributed by atoms with van der Waals surface area (Å²) < 4.78 is 4.22. The summed E-state index contributed by atoms with van der Waals surface area (Å²) in [6, 6.07) is 0.135. The fourth-order valence-corrected chi connectivity index (χ4v) is 2.28. The average Bonchev–Trinajstić information content (AvgIpc) is 1.56. The lowest BCUT2D eigenvalue weighted by molar-refractivity contribution is -0.319. The van der Waals surface area contributed by atoms with E-state index in [9.17, 15) is 0 Å². The molecule has 1 aliphatic rings. The first-order valence-corrected chi connectivity index (χ1v) is 5.02. The van der Waals surface area contributed by atoms with Crippen molar-refractivity contribution < 1.29 is 24.2 Å². The van der Waals surface area contributed by atoms with Crippen molar-refractivity contribution >= 4 is 8.80 Å². The summed E-state index contributed by atoms with van der Waals surface area (Å²) in [6.07, 6.45) is 0.398. The molecule has 0 aromatic carbocycles. The van der Waals surface area contributed by atoms with E-state index in [4.69, 9.17) is 19.8 Å². The molecule has 0 aromatic heterocycles. The van der Waals surface area contributed by atoms with E-state index in [1.54, 1.807) is 0 Å². The van der Waals surface area contributed by atoms with Crippen LogP contribution in [0.25, 0.3) is 0 Å². The van der Waals surface area contributed by atoms with Crippen LogP contribution in [0.15, 0.2) is 0 Å². The summed E-state index contributed by atoms with van der Waals surface area (Å²) in [4.78, 5) is 17.7. The van der Waals surface area contributed by atoms with Gasteiger partial charge in [-0.1, -0.05) is 0 Å². The Morgan fingerprint density at radius 2 is 1.90 bits per heavy atom. The van der Waals surface area contributed by atoms with E-state index in [-0.39, 0.29) is 12.5 Å². The van der Waals surface area contributed by atoms with Crippen LogP contribution >= 0.6 is 0 Å². The minimum Gasteiger partial charge on any atom is -0.390 e. The minimum absolute atomic E-state index is 0.0306. The van der Waals surface area contributed by atoms with Crippen LogP contribution in [0, 0.1) is 0 Å². The Labute approximate surface area is 58.9 Å². The SMILES string of the molecule is OC1(O)CCC[Si](O)(O)O1. The molecule has 0 aromatic rings. The van der Waals surface area contributed by atoms with Crippen molar-refractivity contribution in [2.45, 2.75) is 24.9 Å². The van der Waals surface area contributed by atoms with E-state index >= 15 is 0 Å². The van der Waals surface area contributed by atoms with Crippen LogP contribution in [0.1, 0.15) is 12.8 Å². The summed E-state index contributed by atoms with van der Waals surface area (Å²) in [6.45, 7) is 0. The fourth-order valence-electron chi connectivity index (χ4n) is 0.913. The Morgan fingerprint density at radius 3 is 2.20 bits per heavy atom. The molecule has 0 bridgehead atoms. The molecule has 0 saturated carbocycles. The fraction of sp³-hybridized carbons (Fsp3) is 1.00. The Hall–Kier alpha value is 0.0169. The standard InChI is InChI=1S/C4H10O5Si/c5-4(6)2-1-3-10(7,8)9-4/h5-8H,1-3H2. The van der Waals surface area contributed by atoms with Gasteiger partial charge < -0.3 is 24.2 Å². The van der Waals surface area contributed by atoms with Crippen LogP contribution in [-0.2, 0) is 4.43 Å². The lowest BCUT2D eigenvalue weighted by Gasteiger charge is -2.32. The highest BCUT2D eigenvalue weighted by atomic mass is 28.4. The van der Waals surface area contributed by atoms with E-state index in [1.165, 1.54) is 0 Å². The molecule has 5 nitrogen and oxygen atoms in total. The Bertz CT molecular complexity index is 120. The van der Waals surface area contributed by atoms with Gasteiger partial charge in [0.05, 0.1) is 0 Å². The van der Waals surface area contributed by atoms with Crippen molar-refractivity contribution in [2.75, 3.05) is 0 Å². The first-order chi connectivity index (χ1) is 4.41. The third kappa shape index (κ3) is 2.01. The molecule has 0 amide bonds. The van der Waals surface area contributed by atoms with Crippen molar-refractivity contribution in [1.82, 2.24) is 0 Å². The van der Waals surface area contributed by atoms with Crippen LogP contribution in [0.2, 0.25) is 6.04 Å². The molecule has 60 valence electrons. The van der Waals surface area contributed by atoms with Crippen LogP contribution < -0.4 is 0 Å². The molecule has 0 radical (unpaired) electrons. The van der Waals surface area contributed by atoms with Crippen molar-refractivity contribution in [3.63, 3.8) is 0 Å². The summed E-state index contributed by atoms with van der Waals surface area (Å²) in [5, 5.41) is 17.5. The van der Waals surface area contributed by atoms with Gasteiger partial charge in [0, 0.05) is 12.5 Å². The Kier molecular flexibility index (Phi) is 1.83. The average molecular weight is 166 g/mol. The van der Waals surface area contributed by atoms with Gasteiger partial charge in [-0.3, -0.25) is 0 Å². The maximum absolute atomic E-state index is 8.86. The van der Waals surface area contributed by atoms with Gasteiger partial charge in [-0.2, -0.15) is 0 Å². The first-order valence-electron chi connectivity index (χ1n) is 3.01. The quantitative estimate of drug-likeness (QED) is 0.256. The zero-order chi connectivity index (χ0) is 7.83. The Morgan fingerprint density at radius 1 is 1.30 bits per heavy atom. The van der Waals surface area contributed by atoms with Crippen molar-refractivity contribution in [2.24, 2.45) is 0 Å². The zero-order valence-electron chi connectivity index (χ0n) is 5.32.